The van der Waals surface area contributed by atoms with Gasteiger partial charge in [0, 0.05) is 19.1 Å². The summed E-state index contributed by atoms with van der Waals surface area (Å²) in [6.07, 6.45) is 1.37. The molecule has 0 spiro atoms. The summed E-state index contributed by atoms with van der Waals surface area (Å²) in [5.74, 6) is 1.76. The van der Waals surface area contributed by atoms with Crippen molar-refractivity contribution in [2.24, 2.45) is 17.6 Å². The summed E-state index contributed by atoms with van der Waals surface area (Å²) in [6, 6.07) is 15.5. The minimum atomic E-state index is 0.314. The molecule has 3 atom stereocenters. The van der Waals surface area contributed by atoms with E-state index in [0.717, 1.165) is 18.4 Å². The summed E-state index contributed by atoms with van der Waals surface area (Å²) in [4.78, 5) is 2.44. The fourth-order valence-corrected chi connectivity index (χ4v) is 3.24. The minimum Gasteiger partial charge on any atom is -0.329 e. The molecule has 1 aliphatic rings. The molecular formula is C18H24N2. The van der Waals surface area contributed by atoms with Gasteiger partial charge in [0.25, 0.3) is 0 Å². The molecule has 3 unspecified atom stereocenters. The Kier molecular flexibility index (Phi) is 3.77. The van der Waals surface area contributed by atoms with Crippen molar-refractivity contribution < 1.29 is 0 Å². The van der Waals surface area contributed by atoms with Gasteiger partial charge < -0.3 is 5.73 Å². The maximum atomic E-state index is 6.09. The fourth-order valence-electron chi connectivity index (χ4n) is 3.24. The highest BCUT2D eigenvalue weighted by molar-refractivity contribution is 5.86. The lowest BCUT2D eigenvalue weighted by Gasteiger charge is -2.28. The van der Waals surface area contributed by atoms with Crippen molar-refractivity contribution in [2.75, 3.05) is 20.1 Å². The van der Waals surface area contributed by atoms with E-state index < -0.39 is 0 Å². The predicted octanol–water partition coefficient (Wildman–Crippen LogP) is 3.43. The van der Waals surface area contributed by atoms with E-state index in [1.165, 1.54) is 22.8 Å². The van der Waals surface area contributed by atoms with Gasteiger partial charge in [-0.2, -0.15) is 0 Å². The standard InChI is InChI=1S/C18H24N2/c1-13-10-15(13)12-20(2)18(11-19)17-9-5-7-14-6-3-4-8-16(14)17/h3-9,13,15,18H,10-12,19H2,1-2H3. The molecule has 1 aliphatic carbocycles. The van der Waals surface area contributed by atoms with Crippen molar-refractivity contribution >= 4 is 10.8 Å². The van der Waals surface area contributed by atoms with Crippen LogP contribution in [0.3, 0.4) is 0 Å². The molecule has 3 rings (SSSR count). The first-order chi connectivity index (χ1) is 9.70. The summed E-state index contributed by atoms with van der Waals surface area (Å²) < 4.78 is 0. The topological polar surface area (TPSA) is 29.3 Å². The average Bonchev–Trinajstić information content (AvgIpc) is 3.15. The molecular weight excluding hydrogens is 244 g/mol. The Labute approximate surface area is 121 Å². The highest BCUT2D eigenvalue weighted by Crippen LogP contribution is 2.39. The van der Waals surface area contributed by atoms with Gasteiger partial charge in [-0.3, -0.25) is 4.90 Å². The Bertz CT molecular complexity index is 587. The molecule has 0 saturated heterocycles. The highest BCUT2D eigenvalue weighted by atomic mass is 15.1. The van der Waals surface area contributed by atoms with Gasteiger partial charge in [0.05, 0.1) is 0 Å². The average molecular weight is 268 g/mol. The zero-order chi connectivity index (χ0) is 14.1. The Morgan fingerprint density at radius 2 is 1.90 bits per heavy atom. The van der Waals surface area contributed by atoms with Crippen LogP contribution in [0.5, 0.6) is 0 Å². The molecule has 2 aromatic carbocycles. The second kappa shape index (κ2) is 5.55. The third-order valence-electron chi connectivity index (χ3n) is 4.74. The number of likely N-dealkylation sites (N-methyl/N-ethyl adjacent to an activating group) is 1. The lowest BCUT2D eigenvalue weighted by molar-refractivity contribution is 0.238. The maximum absolute atomic E-state index is 6.09. The third kappa shape index (κ3) is 2.58. The van der Waals surface area contributed by atoms with Crippen LogP contribution in [0.25, 0.3) is 10.8 Å². The van der Waals surface area contributed by atoms with Crippen molar-refractivity contribution in [3.05, 3.63) is 48.0 Å². The second-order valence-corrected chi connectivity index (χ2v) is 6.23. The molecule has 0 aliphatic heterocycles. The molecule has 2 aromatic rings. The highest BCUT2D eigenvalue weighted by Gasteiger charge is 2.34. The van der Waals surface area contributed by atoms with Gasteiger partial charge in [-0.25, -0.2) is 0 Å². The van der Waals surface area contributed by atoms with E-state index in [-0.39, 0.29) is 0 Å². The van der Waals surface area contributed by atoms with Crippen LogP contribution in [0.2, 0.25) is 0 Å². The van der Waals surface area contributed by atoms with E-state index in [1.54, 1.807) is 0 Å². The molecule has 0 aromatic heterocycles. The van der Waals surface area contributed by atoms with Crippen LogP contribution in [0.1, 0.15) is 24.9 Å². The minimum absolute atomic E-state index is 0.314. The number of hydrogen-bond acceptors (Lipinski definition) is 2. The molecule has 1 fully saturated rings. The van der Waals surface area contributed by atoms with Crippen LogP contribution in [0, 0.1) is 11.8 Å². The molecule has 0 bridgehead atoms. The summed E-state index contributed by atoms with van der Waals surface area (Å²) >= 11 is 0. The van der Waals surface area contributed by atoms with Gasteiger partial charge in [-0.1, -0.05) is 49.4 Å². The van der Waals surface area contributed by atoms with E-state index in [0.29, 0.717) is 12.6 Å². The first-order valence-corrected chi connectivity index (χ1v) is 7.58. The molecule has 20 heavy (non-hydrogen) atoms. The van der Waals surface area contributed by atoms with Gasteiger partial charge in [0.1, 0.15) is 0 Å². The smallest absolute Gasteiger partial charge is 0.0473 e. The Hall–Kier alpha value is -1.38. The normalized spacial score (nSPS) is 23.2. The molecule has 2 nitrogen and oxygen atoms in total. The Morgan fingerprint density at radius 1 is 1.20 bits per heavy atom. The zero-order valence-electron chi connectivity index (χ0n) is 12.4. The van der Waals surface area contributed by atoms with E-state index in [9.17, 15) is 0 Å². The molecule has 0 amide bonds. The monoisotopic (exact) mass is 268 g/mol. The van der Waals surface area contributed by atoms with Crippen LogP contribution < -0.4 is 5.73 Å². The van der Waals surface area contributed by atoms with Crippen molar-refractivity contribution in [1.29, 1.82) is 0 Å². The quantitative estimate of drug-likeness (QED) is 0.900. The van der Waals surface area contributed by atoms with Crippen LogP contribution in [0.4, 0.5) is 0 Å². The van der Waals surface area contributed by atoms with E-state index in [1.807, 2.05) is 0 Å². The predicted molar refractivity (Wildman–Crippen MR) is 85.6 cm³/mol. The maximum Gasteiger partial charge on any atom is 0.0473 e. The van der Waals surface area contributed by atoms with Crippen molar-refractivity contribution in [2.45, 2.75) is 19.4 Å². The summed E-state index contributed by atoms with van der Waals surface area (Å²) in [5.41, 5.74) is 7.45. The zero-order valence-corrected chi connectivity index (χ0v) is 12.4. The molecule has 0 heterocycles. The van der Waals surface area contributed by atoms with E-state index >= 15 is 0 Å². The number of hydrogen-bond donors (Lipinski definition) is 1. The molecule has 2 heteroatoms. The first-order valence-electron chi connectivity index (χ1n) is 7.58. The lowest BCUT2D eigenvalue weighted by atomic mass is 9.97. The van der Waals surface area contributed by atoms with Gasteiger partial charge in [0.2, 0.25) is 0 Å². The largest absolute Gasteiger partial charge is 0.329 e. The van der Waals surface area contributed by atoms with Crippen LogP contribution in [0.15, 0.2) is 42.5 Å². The number of nitrogens with zero attached hydrogens (tertiary/aromatic N) is 1. The van der Waals surface area contributed by atoms with E-state index in [4.69, 9.17) is 5.73 Å². The summed E-state index contributed by atoms with van der Waals surface area (Å²) in [6.45, 7) is 4.17. The SMILES string of the molecule is CC1CC1CN(C)C(CN)c1cccc2ccccc12. The van der Waals surface area contributed by atoms with E-state index in [2.05, 4.69) is 61.3 Å². The van der Waals surface area contributed by atoms with Crippen molar-refractivity contribution in [1.82, 2.24) is 4.90 Å². The van der Waals surface area contributed by atoms with Gasteiger partial charge in [-0.15, -0.1) is 0 Å². The van der Waals surface area contributed by atoms with Crippen LogP contribution >= 0.6 is 0 Å². The van der Waals surface area contributed by atoms with Gasteiger partial charge in [0.15, 0.2) is 0 Å². The van der Waals surface area contributed by atoms with Gasteiger partial charge >= 0.3 is 0 Å². The Morgan fingerprint density at radius 3 is 2.60 bits per heavy atom. The first kappa shape index (κ1) is 13.6. The number of nitrogens with two attached hydrogens (primary N) is 1. The lowest BCUT2D eigenvalue weighted by Crippen LogP contribution is -2.32. The van der Waals surface area contributed by atoms with Gasteiger partial charge in [-0.05, 0) is 41.6 Å². The van der Waals surface area contributed by atoms with Crippen LogP contribution in [-0.4, -0.2) is 25.0 Å². The fraction of sp³-hybridized carbons (Fsp3) is 0.444. The van der Waals surface area contributed by atoms with Crippen molar-refractivity contribution in [3.63, 3.8) is 0 Å². The molecule has 0 radical (unpaired) electrons. The third-order valence-corrected chi connectivity index (χ3v) is 4.74. The number of benzene rings is 2. The second-order valence-electron chi connectivity index (χ2n) is 6.23. The van der Waals surface area contributed by atoms with Crippen molar-refractivity contribution in [3.8, 4) is 0 Å². The molecule has 2 N–H and O–H groups in total. The number of rotatable bonds is 5. The molecule has 1 saturated carbocycles. The van der Waals surface area contributed by atoms with Crippen LogP contribution in [-0.2, 0) is 0 Å². The molecule has 106 valence electrons. The Balaban J connectivity index is 1.90. The summed E-state index contributed by atoms with van der Waals surface area (Å²) in [5, 5.41) is 2.64. The summed E-state index contributed by atoms with van der Waals surface area (Å²) in [7, 11) is 2.21. The number of fused-ring (bicyclic) bond motifs is 1.